The van der Waals surface area contributed by atoms with Gasteiger partial charge in [-0.15, -0.1) is 11.3 Å². The van der Waals surface area contributed by atoms with Crippen LogP contribution in [0.5, 0.6) is 0 Å². The maximum atomic E-state index is 9.66. The maximum Gasteiger partial charge on any atom is 0.0897 e. The fourth-order valence-corrected chi connectivity index (χ4v) is 2.34. The molecular weight excluding hydrogens is 248 g/mol. The number of ether oxygens (including phenoxy) is 1. The van der Waals surface area contributed by atoms with Crippen molar-refractivity contribution < 1.29 is 9.84 Å². The van der Waals surface area contributed by atoms with Crippen molar-refractivity contribution in [3.63, 3.8) is 0 Å². The van der Waals surface area contributed by atoms with E-state index < -0.39 is 6.10 Å². The molecule has 0 fully saturated rings. The molecule has 1 heterocycles. The Balaban J connectivity index is 1.98. The van der Waals surface area contributed by atoms with E-state index in [9.17, 15) is 5.11 Å². The van der Waals surface area contributed by atoms with Crippen molar-refractivity contribution in [1.82, 2.24) is 10.3 Å². The Morgan fingerprint density at radius 3 is 3.06 bits per heavy atom. The number of rotatable bonds is 10. The highest BCUT2D eigenvalue weighted by Gasteiger charge is 2.05. The highest BCUT2D eigenvalue weighted by Crippen LogP contribution is 2.12. The van der Waals surface area contributed by atoms with Gasteiger partial charge in [-0.25, -0.2) is 4.98 Å². The van der Waals surface area contributed by atoms with Crippen LogP contribution >= 0.6 is 11.3 Å². The number of aryl methyl sites for hydroxylation is 1. The molecule has 0 saturated heterocycles. The van der Waals surface area contributed by atoms with Crippen molar-refractivity contribution in [1.29, 1.82) is 0 Å². The maximum absolute atomic E-state index is 9.66. The molecule has 0 aromatic carbocycles. The molecular formula is C13H24N2O2S. The predicted octanol–water partition coefficient (Wildman–Crippen LogP) is 1.76. The number of aromatic nitrogens is 1. The van der Waals surface area contributed by atoms with Crippen LogP contribution in [0, 0.1) is 6.92 Å². The van der Waals surface area contributed by atoms with Gasteiger partial charge in [0.1, 0.15) is 0 Å². The lowest BCUT2D eigenvalue weighted by Crippen LogP contribution is -2.31. The molecule has 0 spiro atoms. The fraction of sp³-hybridized carbons (Fsp3) is 0.769. The third-order valence-corrected chi connectivity index (χ3v) is 3.71. The second-order valence-electron chi connectivity index (χ2n) is 4.40. The Hall–Kier alpha value is -0.490. The van der Waals surface area contributed by atoms with Crippen molar-refractivity contribution in [3.8, 4) is 0 Å². The summed E-state index contributed by atoms with van der Waals surface area (Å²) in [4.78, 5) is 5.46. The second-order valence-corrected chi connectivity index (χ2v) is 5.34. The minimum atomic E-state index is -0.413. The van der Waals surface area contributed by atoms with Crippen LogP contribution in [-0.2, 0) is 11.2 Å². The molecule has 1 unspecified atom stereocenters. The smallest absolute Gasteiger partial charge is 0.0897 e. The van der Waals surface area contributed by atoms with Crippen LogP contribution in [0.4, 0.5) is 0 Å². The van der Waals surface area contributed by atoms with Gasteiger partial charge in [0.15, 0.2) is 0 Å². The minimum Gasteiger partial charge on any atom is -0.389 e. The van der Waals surface area contributed by atoms with Crippen LogP contribution in [-0.4, -0.2) is 42.5 Å². The van der Waals surface area contributed by atoms with Crippen LogP contribution in [0.15, 0.2) is 5.51 Å². The molecule has 1 rings (SSSR count). The van der Waals surface area contributed by atoms with Gasteiger partial charge in [-0.1, -0.05) is 13.3 Å². The van der Waals surface area contributed by atoms with Gasteiger partial charge in [-0.3, -0.25) is 0 Å². The summed E-state index contributed by atoms with van der Waals surface area (Å²) in [5, 5.41) is 12.9. The van der Waals surface area contributed by atoms with Gasteiger partial charge in [0, 0.05) is 17.8 Å². The molecule has 2 N–H and O–H groups in total. The zero-order valence-electron chi connectivity index (χ0n) is 11.3. The number of unbranched alkanes of at least 4 members (excludes halogenated alkanes) is 1. The fourth-order valence-electron chi connectivity index (χ4n) is 1.58. The van der Waals surface area contributed by atoms with Crippen LogP contribution in [0.3, 0.4) is 0 Å². The summed E-state index contributed by atoms with van der Waals surface area (Å²) in [6, 6.07) is 0. The van der Waals surface area contributed by atoms with Crippen LogP contribution in [0.1, 0.15) is 30.3 Å². The van der Waals surface area contributed by atoms with Crippen LogP contribution < -0.4 is 5.32 Å². The summed E-state index contributed by atoms with van der Waals surface area (Å²) in [5.74, 6) is 0. The molecule has 4 nitrogen and oxygen atoms in total. The minimum absolute atomic E-state index is 0.400. The van der Waals surface area contributed by atoms with Gasteiger partial charge in [0.25, 0.3) is 0 Å². The third-order valence-electron chi connectivity index (χ3n) is 2.72. The first-order valence-corrected chi connectivity index (χ1v) is 7.47. The van der Waals surface area contributed by atoms with Crippen molar-refractivity contribution in [2.75, 3.05) is 26.3 Å². The molecule has 0 aliphatic heterocycles. The summed E-state index contributed by atoms with van der Waals surface area (Å²) in [6.07, 6.45) is 2.79. The van der Waals surface area contributed by atoms with Crippen molar-refractivity contribution in [2.24, 2.45) is 0 Å². The molecule has 0 bridgehead atoms. The van der Waals surface area contributed by atoms with E-state index >= 15 is 0 Å². The summed E-state index contributed by atoms with van der Waals surface area (Å²) < 4.78 is 5.47. The molecule has 104 valence electrons. The summed E-state index contributed by atoms with van der Waals surface area (Å²) in [5.41, 5.74) is 2.95. The highest BCUT2D eigenvalue weighted by atomic mass is 32.1. The number of hydrogen-bond donors (Lipinski definition) is 2. The van der Waals surface area contributed by atoms with Gasteiger partial charge < -0.3 is 15.2 Å². The normalized spacial score (nSPS) is 12.8. The number of hydrogen-bond acceptors (Lipinski definition) is 5. The Morgan fingerprint density at radius 1 is 1.56 bits per heavy atom. The van der Waals surface area contributed by atoms with Gasteiger partial charge in [0.05, 0.1) is 30.5 Å². The molecule has 0 aliphatic carbocycles. The van der Waals surface area contributed by atoms with Gasteiger partial charge >= 0.3 is 0 Å². The predicted molar refractivity (Wildman–Crippen MR) is 75.2 cm³/mol. The Kier molecular flexibility index (Phi) is 8.17. The molecule has 5 heteroatoms. The summed E-state index contributed by atoms with van der Waals surface area (Å²) in [7, 11) is 0. The Labute approximate surface area is 113 Å². The molecule has 18 heavy (non-hydrogen) atoms. The van der Waals surface area contributed by atoms with Gasteiger partial charge in [-0.2, -0.15) is 0 Å². The quantitative estimate of drug-likeness (QED) is 0.637. The average molecular weight is 272 g/mol. The second kappa shape index (κ2) is 9.44. The first kappa shape index (κ1) is 15.6. The van der Waals surface area contributed by atoms with E-state index in [4.69, 9.17) is 4.74 Å². The zero-order chi connectivity index (χ0) is 13.2. The monoisotopic (exact) mass is 272 g/mol. The lowest BCUT2D eigenvalue weighted by atomic mass is 10.3. The zero-order valence-corrected chi connectivity index (χ0v) is 12.1. The van der Waals surface area contributed by atoms with E-state index in [-0.39, 0.29) is 0 Å². The largest absolute Gasteiger partial charge is 0.389 e. The number of nitrogens with zero attached hydrogens (tertiary/aromatic N) is 1. The van der Waals surface area contributed by atoms with E-state index in [2.05, 4.69) is 17.2 Å². The molecule has 0 aliphatic rings. The van der Waals surface area contributed by atoms with E-state index in [0.717, 1.165) is 25.1 Å². The molecule has 1 aromatic rings. The van der Waals surface area contributed by atoms with E-state index in [1.54, 1.807) is 11.3 Å². The lowest BCUT2D eigenvalue weighted by Gasteiger charge is -2.12. The number of aliphatic hydroxyl groups is 1. The topological polar surface area (TPSA) is 54.4 Å². The van der Waals surface area contributed by atoms with Crippen LogP contribution in [0.2, 0.25) is 0 Å². The molecule has 0 radical (unpaired) electrons. The number of thiazole rings is 1. The SMILES string of the molecule is CCCCNCC(O)COCCc1scnc1C. The van der Waals surface area contributed by atoms with Gasteiger partial charge in [0.2, 0.25) is 0 Å². The Bertz CT molecular complexity index is 318. The van der Waals surface area contributed by atoms with Crippen molar-refractivity contribution in [3.05, 3.63) is 16.1 Å². The van der Waals surface area contributed by atoms with Gasteiger partial charge in [-0.05, 0) is 19.9 Å². The third kappa shape index (κ3) is 6.44. The van der Waals surface area contributed by atoms with Crippen LogP contribution in [0.25, 0.3) is 0 Å². The van der Waals surface area contributed by atoms with E-state index in [1.807, 2.05) is 12.4 Å². The lowest BCUT2D eigenvalue weighted by molar-refractivity contribution is 0.0386. The summed E-state index contributed by atoms with van der Waals surface area (Å²) >= 11 is 1.66. The van der Waals surface area contributed by atoms with Crippen molar-refractivity contribution >= 4 is 11.3 Å². The standard InChI is InChI=1S/C13H24N2O2S/c1-3-4-6-14-8-12(16)9-17-7-5-13-11(2)15-10-18-13/h10,12,14,16H,3-9H2,1-2H3. The summed E-state index contributed by atoms with van der Waals surface area (Å²) in [6.45, 7) is 6.79. The average Bonchev–Trinajstić information content (AvgIpc) is 2.76. The molecule has 1 atom stereocenters. The molecule has 0 saturated carbocycles. The van der Waals surface area contributed by atoms with Crippen molar-refractivity contribution in [2.45, 2.75) is 39.2 Å². The number of nitrogens with one attached hydrogen (secondary N) is 1. The number of aliphatic hydroxyl groups excluding tert-OH is 1. The first-order chi connectivity index (χ1) is 8.74. The molecule has 0 amide bonds. The first-order valence-electron chi connectivity index (χ1n) is 6.59. The Morgan fingerprint density at radius 2 is 2.39 bits per heavy atom. The highest BCUT2D eigenvalue weighted by molar-refractivity contribution is 7.09. The van der Waals surface area contributed by atoms with E-state index in [1.165, 1.54) is 11.3 Å². The molecule has 1 aromatic heterocycles. The van der Waals surface area contributed by atoms with E-state index in [0.29, 0.717) is 19.8 Å².